The van der Waals surface area contributed by atoms with E-state index in [2.05, 4.69) is 5.32 Å². The van der Waals surface area contributed by atoms with E-state index in [0.29, 0.717) is 13.0 Å². The molecule has 0 heterocycles. The maximum Gasteiger partial charge on any atom is 0.311 e. The van der Waals surface area contributed by atoms with Crippen molar-refractivity contribution in [2.45, 2.75) is 39.3 Å². The lowest BCUT2D eigenvalue weighted by Gasteiger charge is -2.17. The van der Waals surface area contributed by atoms with E-state index >= 15 is 0 Å². The Balaban J connectivity index is 2.77. The fraction of sp³-hybridized carbons (Fsp3) is 0.571. The Hall–Kier alpha value is -1.66. The van der Waals surface area contributed by atoms with Gasteiger partial charge in [0.15, 0.2) is 5.75 Å². The highest BCUT2D eigenvalue weighted by Gasteiger charge is 2.18. The first-order valence-corrected chi connectivity index (χ1v) is 6.66. The second-order valence-corrected chi connectivity index (χ2v) is 5.25. The maximum atomic E-state index is 11.1. The van der Waals surface area contributed by atoms with Crippen LogP contribution >= 0.6 is 0 Å². The molecule has 0 radical (unpaired) electrons. The van der Waals surface area contributed by atoms with Crippen LogP contribution in [0.1, 0.15) is 32.8 Å². The molecule has 2 N–H and O–H groups in total. The average molecular weight is 282 g/mol. The summed E-state index contributed by atoms with van der Waals surface area (Å²) in [7, 11) is 0. The van der Waals surface area contributed by atoms with Crippen molar-refractivity contribution in [1.29, 1.82) is 0 Å². The van der Waals surface area contributed by atoms with Crippen LogP contribution in [-0.4, -0.2) is 28.8 Å². The van der Waals surface area contributed by atoms with Gasteiger partial charge in [-0.2, -0.15) is 0 Å². The van der Waals surface area contributed by atoms with E-state index in [-0.39, 0.29) is 18.0 Å². The zero-order valence-electron chi connectivity index (χ0n) is 12.2. The number of ether oxygens (including phenoxy) is 1. The predicted molar refractivity (Wildman–Crippen MR) is 76.9 cm³/mol. The van der Waals surface area contributed by atoms with Crippen LogP contribution in [0, 0.1) is 10.1 Å². The van der Waals surface area contributed by atoms with Gasteiger partial charge in [0, 0.05) is 19.0 Å². The van der Waals surface area contributed by atoms with Gasteiger partial charge in [0.2, 0.25) is 0 Å². The first-order valence-electron chi connectivity index (χ1n) is 6.66. The van der Waals surface area contributed by atoms with Gasteiger partial charge in [-0.3, -0.25) is 10.1 Å². The van der Waals surface area contributed by atoms with Gasteiger partial charge in [-0.25, -0.2) is 0 Å². The lowest BCUT2D eigenvalue weighted by atomic mass is 10.1. The van der Waals surface area contributed by atoms with Crippen LogP contribution in [0.15, 0.2) is 18.2 Å². The monoisotopic (exact) mass is 282 g/mol. The molecule has 0 aliphatic rings. The van der Waals surface area contributed by atoms with E-state index in [4.69, 9.17) is 4.74 Å². The van der Waals surface area contributed by atoms with Crippen molar-refractivity contribution in [1.82, 2.24) is 5.32 Å². The largest absolute Gasteiger partial charge is 0.487 e. The predicted octanol–water partition coefficient (Wildman–Crippen LogP) is 2.24. The summed E-state index contributed by atoms with van der Waals surface area (Å²) >= 11 is 0. The topological polar surface area (TPSA) is 84.6 Å². The number of nitrogens with one attached hydrogen (secondary N) is 1. The molecule has 1 rings (SSSR count). The van der Waals surface area contributed by atoms with E-state index in [1.165, 1.54) is 6.07 Å². The number of rotatable bonds is 8. The number of nitro groups is 1. The molecule has 0 saturated carbocycles. The molecular weight excluding hydrogens is 260 g/mol. The molecular formula is C14H22N2O4. The number of benzene rings is 1. The highest BCUT2D eigenvalue weighted by atomic mass is 16.6. The highest BCUT2D eigenvalue weighted by Crippen LogP contribution is 2.28. The number of nitro benzene ring substituents is 1. The summed E-state index contributed by atoms with van der Waals surface area (Å²) in [6.07, 6.45) is 0.406. The molecule has 6 heteroatoms. The van der Waals surface area contributed by atoms with Crippen LogP contribution in [0.4, 0.5) is 5.69 Å². The Morgan fingerprint density at radius 2 is 2.15 bits per heavy atom. The van der Waals surface area contributed by atoms with Crippen LogP contribution in [0.3, 0.4) is 0 Å². The molecule has 6 nitrogen and oxygen atoms in total. The fourth-order valence-electron chi connectivity index (χ4n) is 1.62. The first kappa shape index (κ1) is 16.4. The molecule has 20 heavy (non-hydrogen) atoms. The normalized spacial score (nSPS) is 11.4. The van der Waals surface area contributed by atoms with Gasteiger partial charge in [-0.1, -0.05) is 13.0 Å². The van der Waals surface area contributed by atoms with Gasteiger partial charge in [-0.05, 0) is 32.0 Å². The third kappa shape index (κ3) is 5.54. The summed E-state index contributed by atoms with van der Waals surface area (Å²) < 4.78 is 5.41. The first-order chi connectivity index (χ1) is 9.33. The van der Waals surface area contributed by atoms with Gasteiger partial charge in [0.25, 0.3) is 0 Å². The zero-order valence-corrected chi connectivity index (χ0v) is 12.2. The van der Waals surface area contributed by atoms with Gasteiger partial charge in [-0.15, -0.1) is 0 Å². The molecule has 0 saturated heterocycles. The third-order valence-electron chi connectivity index (χ3n) is 2.77. The lowest BCUT2D eigenvalue weighted by molar-refractivity contribution is -0.386. The van der Waals surface area contributed by atoms with Crippen molar-refractivity contribution in [3.05, 3.63) is 33.9 Å². The van der Waals surface area contributed by atoms with Crippen LogP contribution in [0.25, 0.3) is 0 Å². The molecule has 0 amide bonds. The Labute approximate surface area is 118 Å². The van der Waals surface area contributed by atoms with Gasteiger partial charge in [0.1, 0.15) is 0 Å². The molecule has 0 fully saturated rings. The van der Waals surface area contributed by atoms with Crippen LogP contribution in [-0.2, 0) is 6.54 Å². The smallest absolute Gasteiger partial charge is 0.311 e. The van der Waals surface area contributed by atoms with E-state index in [1.54, 1.807) is 26.0 Å². The molecule has 0 aromatic heterocycles. The summed E-state index contributed by atoms with van der Waals surface area (Å²) in [5, 5.41) is 23.8. The average Bonchev–Trinajstić information content (AvgIpc) is 2.35. The summed E-state index contributed by atoms with van der Waals surface area (Å²) in [5.41, 5.74) is -0.0516. The maximum absolute atomic E-state index is 11.1. The lowest BCUT2D eigenvalue weighted by Crippen LogP contribution is -2.22. The number of hydrogen-bond donors (Lipinski definition) is 2. The third-order valence-corrected chi connectivity index (χ3v) is 2.77. The quantitative estimate of drug-likeness (QED) is 0.564. The minimum atomic E-state index is -0.847. The molecule has 112 valence electrons. The Morgan fingerprint density at radius 1 is 1.45 bits per heavy atom. The minimum absolute atomic E-state index is 0.0452. The molecule has 0 atom stereocenters. The fourth-order valence-corrected chi connectivity index (χ4v) is 1.62. The Kier molecular flexibility index (Phi) is 5.91. The van der Waals surface area contributed by atoms with Crippen molar-refractivity contribution in [3.8, 4) is 5.75 Å². The second kappa shape index (κ2) is 7.21. The van der Waals surface area contributed by atoms with Crippen molar-refractivity contribution < 1.29 is 14.8 Å². The van der Waals surface area contributed by atoms with Crippen molar-refractivity contribution >= 4 is 5.69 Å². The molecule has 0 bridgehead atoms. The number of hydrogen-bond acceptors (Lipinski definition) is 5. The SMILES string of the molecule is CCNCc1ccc(OCCC(C)(C)O)c([N+](=O)[O-])c1. The Bertz CT molecular complexity index is 455. The summed E-state index contributed by atoms with van der Waals surface area (Å²) in [6.45, 7) is 6.94. The minimum Gasteiger partial charge on any atom is -0.487 e. The molecule has 0 aliphatic carbocycles. The zero-order chi connectivity index (χ0) is 15.2. The molecule has 0 aliphatic heterocycles. The summed E-state index contributed by atoms with van der Waals surface area (Å²) in [5.74, 6) is 0.236. The van der Waals surface area contributed by atoms with Crippen LogP contribution in [0.2, 0.25) is 0 Å². The van der Waals surface area contributed by atoms with Gasteiger partial charge < -0.3 is 15.2 Å². The molecule has 0 spiro atoms. The number of aliphatic hydroxyl groups is 1. The van der Waals surface area contributed by atoms with Crippen molar-refractivity contribution in [3.63, 3.8) is 0 Å². The molecule has 0 unspecified atom stereocenters. The van der Waals surface area contributed by atoms with Crippen LogP contribution < -0.4 is 10.1 Å². The van der Waals surface area contributed by atoms with Crippen molar-refractivity contribution in [2.24, 2.45) is 0 Å². The van der Waals surface area contributed by atoms with E-state index in [9.17, 15) is 15.2 Å². The highest BCUT2D eigenvalue weighted by molar-refractivity contribution is 5.48. The van der Waals surface area contributed by atoms with E-state index < -0.39 is 10.5 Å². The summed E-state index contributed by atoms with van der Waals surface area (Å²) in [6, 6.07) is 4.92. The number of nitrogens with zero attached hydrogens (tertiary/aromatic N) is 1. The van der Waals surface area contributed by atoms with E-state index in [0.717, 1.165) is 12.1 Å². The van der Waals surface area contributed by atoms with Gasteiger partial charge >= 0.3 is 5.69 Å². The van der Waals surface area contributed by atoms with Crippen molar-refractivity contribution in [2.75, 3.05) is 13.2 Å². The molecule has 1 aromatic carbocycles. The van der Waals surface area contributed by atoms with E-state index in [1.807, 2.05) is 6.92 Å². The standard InChI is InChI=1S/C14H22N2O4/c1-4-15-10-11-5-6-13(12(9-11)16(18)19)20-8-7-14(2,3)17/h5-6,9,15,17H,4,7-8,10H2,1-3H3. The second-order valence-electron chi connectivity index (χ2n) is 5.25. The summed E-state index contributed by atoms with van der Waals surface area (Å²) in [4.78, 5) is 10.6. The Morgan fingerprint density at radius 3 is 2.70 bits per heavy atom. The van der Waals surface area contributed by atoms with Crippen LogP contribution in [0.5, 0.6) is 5.75 Å². The van der Waals surface area contributed by atoms with Gasteiger partial charge in [0.05, 0.1) is 17.1 Å². The molecule has 1 aromatic rings.